The van der Waals surface area contributed by atoms with Gasteiger partial charge in [0.1, 0.15) is 29.9 Å². The molecule has 1 aliphatic rings. The molecular formula is C17H21F2N3O3. The van der Waals surface area contributed by atoms with Gasteiger partial charge < -0.3 is 14.6 Å². The summed E-state index contributed by atoms with van der Waals surface area (Å²) in [4.78, 5) is 3.83. The van der Waals surface area contributed by atoms with E-state index in [1.54, 1.807) is 6.92 Å². The SMILES string of the molecule is C[C@H](OC1CCCCO1)C(O)(Cn1cncn1)c1ccc(F)cc1F. The summed E-state index contributed by atoms with van der Waals surface area (Å²) in [5, 5.41) is 15.3. The highest BCUT2D eigenvalue weighted by atomic mass is 19.1. The van der Waals surface area contributed by atoms with Crippen molar-refractivity contribution in [3.8, 4) is 0 Å². The molecule has 1 aromatic heterocycles. The fraction of sp³-hybridized carbons (Fsp3) is 0.529. The van der Waals surface area contributed by atoms with Crippen LogP contribution in [0.5, 0.6) is 0 Å². The van der Waals surface area contributed by atoms with Crippen LogP contribution in [0, 0.1) is 11.6 Å². The van der Waals surface area contributed by atoms with Crippen molar-refractivity contribution in [3.05, 3.63) is 48.1 Å². The highest BCUT2D eigenvalue weighted by Gasteiger charge is 2.41. The summed E-state index contributed by atoms with van der Waals surface area (Å²) in [5.41, 5.74) is -1.83. The Morgan fingerprint density at radius 1 is 1.44 bits per heavy atom. The number of hydrogen-bond donors (Lipinski definition) is 1. The van der Waals surface area contributed by atoms with Gasteiger partial charge in [-0.3, -0.25) is 0 Å². The van der Waals surface area contributed by atoms with Crippen LogP contribution in [0.15, 0.2) is 30.9 Å². The maximum Gasteiger partial charge on any atom is 0.158 e. The van der Waals surface area contributed by atoms with E-state index in [4.69, 9.17) is 9.47 Å². The van der Waals surface area contributed by atoms with E-state index in [2.05, 4.69) is 10.1 Å². The van der Waals surface area contributed by atoms with Crippen molar-refractivity contribution < 1.29 is 23.4 Å². The normalized spacial score (nSPS) is 21.7. The maximum absolute atomic E-state index is 14.4. The largest absolute Gasteiger partial charge is 0.380 e. The quantitative estimate of drug-likeness (QED) is 0.863. The third-order valence-corrected chi connectivity index (χ3v) is 4.43. The lowest BCUT2D eigenvalue weighted by molar-refractivity contribution is -0.229. The van der Waals surface area contributed by atoms with Gasteiger partial charge in [-0.25, -0.2) is 18.4 Å². The van der Waals surface area contributed by atoms with E-state index in [-0.39, 0.29) is 12.1 Å². The molecule has 1 saturated heterocycles. The number of nitrogens with zero attached hydrogens (tertiary/aromatic N) is 3. The minimum absolute atomic E-state index is 0.0623. The van der Waals surface area contributed by atoms with E-state index in [1.807, 2.05) is 0 Å². The average Bonchev–Trinajstić information content (AvgIpc) is 3.08. The number of rotatable bonds is 6. The summed E-state index contributed by atoms with van der Waals surface area (Å²) in [5.74, 6) is -1.56. The second-order valence-corrected chi connectivity index (χ2v) is 6.22. The number of aliphatic hydroxyl groups is 1. The van der Waals surface area contributed by atoms with Crippen LogP contribution in [0.4, 0.5) is 8.78 Å². The van der Waals surface area contributed by atoms with Crippen LogP contribution in [-0.4, -0.2) is 38.9 Å². The first kappa shape index (κ1) is 17.9. The first-order valence-corrected chi connectivity index (χ1v) is 8.26. The summed E-state index contributed by atoms with van der Waals surface area (Å²) in [6.07, 6.45) is 4.08. The van der Waals surface area contributed by atoms with Crippen LogP contribution >= 0.6 is 0 Å². The smallest absolute Gasteiger partial charge is 0.158 e. The third-order valence-electron chi connectivity index (χ3n) is 4.43. The first-order chi connectivity index (χ1) is 12.0. The third kappa shape index (κ3) is 4.02. The Morgan fingerprint density at radius 3 is 2.92 bits per heavy atom. The van der Waals surface area contributed by atoms with Crippen molar-refractivity contribution in [2.75, 3.05) is 6.61 Å². The van der Waals surface area contributed by atoms with Crippen LogP contribution in [0.3, 0.4) is 0 Å². The van der Waals surface area contributed by atoms with Crippen molar-refractivity contribution in [2.24, 2.45) is 0 Å². The molecule has 6 nitrogen and oxygen atoms in total. The molecule has 25 heavy (non-hydrogen) atoms. The topological polar surface area (TPSA) is 69.4 Å². The Bertz CT molecular complexity index is 692. The fourth-order valence-corrected chi connectivity index (χ4v) is 2.99. The highest BCUT2D eigenvalue weighted by Crippen LogP contribution is 2.33. The van der Waals surface area contributed by atoms with Gasteiger partial charge in [-0.15, -0.1) is 0 Å². The number of hydrogen-bond acceptors (Lipinski definition) is 5. The summed E-state index contributed by atoms with van der Waals surface area (Å²) in [7, 11) is 0. The van der Waals surface area contributed by atoms with Crippen LogP contribution in [0.2, 0.25) is 0 Å². The van der Waals surface area contributed by atoms with Crippen LogP contribution in [0.1, 0.15) is 31.7 Å². The Balaban J connectivity index is 1.89. The number of aromatic nitrogens is 3. The zero-order valence-electron chi connectivity index (χ0n) is 13.9. The standard InChI is InChI=1S/C17H21F2N3O3/c1-12(25-16-4-2-3-7-24-16)17(23,9-22-11-20-10-21-22)14-6-5-13(18)8-15(14)19/h5-6,8,10-12,16,23H,2-4,7,9H2,1H3/t12-,16?,17?/m0/s1. The zero-order valence-corrected chi connectivity index (χ0v) is 13.9. The van der Waals surface area contributed by atoms with Crippen molar-refractivity contribution >= 4 is 0 Å². The van der Waals surface area contributed by atoms with Crippen molar-refractivity contribution in [3.63, 3.8) is 0 Å². The molecule has 0 spiro atoms. The molecule has 1 fully saturated rings. The lowest BCUT2D eigenvalue weighted by atomic mass is 9.88. The van der Waals surface area contributed by atoms with Gasteiger partial charge in [-0.2, -0.15) is 5.10 Å². The Labute approximate surface area is 144 Å². The molecule has 3 rings (SSSR count). The molecule has 2 heterocycles. The minimum Gasteiger partial charge on any atom is -0.380 e. The van der Waals surface area contributed by atoms with Gasteiger partial charge in [-0.05, 0) is 32.3 Å². The molecule has 0 radical (unpaired) electrons. The second kappa shape index (κ2) is 7.55. The van der Waals surface area contributed by atoms with E-state index in [0.717, 1.165) is 25.0 Å². The van der Waals surface area contributed by atoms with Gasteiger partial charge in [0.15, 0.2) is 6.29 Å². The molecule has 2 unspecified atom stereocenters. The van der Waals surface area contributed by atoms with Gasteiger partial charge in [0, 0.05) is 18.2 Å². The van der Waals surface area contributed by atoms with Crippen molar-refractivity contribution in [1.29, 1.82) is 0 Å². The summed E-state index contributed by atoms with van der Waals surface area (Å²) >= 11 is 0. The first-order valence-electron chi connectivity index (χ1n) is 8.26. The van der Waals surface area contributed by atoms with E-state index >= 15 is 0 Å². The molecular weight excluding hydrogens is 332 g/mol. The highest BCUT2D eigenvalue weighted by molar-refractivity contribution is 5.26. The van der Waals surface area contributed by atoms with Gasteiger partial charge in [-0.1, -0.05) is 6.07 Å². The predicted molar refractivity (Wildman–Crippen MR) is 84.4 cm³/mol. The van der Waals surface area contributed by atoms with Crippen LogP contribution in [0.25, 0.3) is 0 Å². The number of halogens is 2. The van der Waals surface area contributed by atoms with Crippen molar-refractivity contribution in [1.82, 2.24) is 14.8 Å². The molecule has 0 bridgehead atoms. The van der Waals surface area contributed by atoms with Crippen LogP contribution < -0.4 is 0 Å². The van der Waals surface area contributed by atoms with Gasteiger partial charge in [0.2, 0.25) is 0 Å². The Morgan fingerprint density at radius 2 is 2.28 bits per heavy atom. The summed E-state index contributed by atoms with van der Waals surface area (Å²) in [6.45, 7) is 2.13. The number of benzene rings is 1. The Hall–Kier alpha value is -1.90. The number of ether oxygens (including phenoxy) is 2. The molecule has 1 N–H and O–H groups in total. The van der Waals surface area contributed by atoms with Crippen molar-refractivity contribution in [2.45, 2.75) is 50.7 Å². The molecule has 1 aromatic carbocycles. The van der Waals surface area contributed by atoms with Gasteiger partial charge in [0.05, 0.1) is 12.6 Å². The van der Waals surface area contributed by atoms with Gasteiger partial charge in [0.25, 0.3) is 0 Å². The predicted octanol–water partition coefficient (Wildman–Crippen LogP) is 2.38. The van der Waals surface area contributed by atoms with Gasteiger partial charge >= 0.3 is 0 Å². The zero-order chi connectivity index (χ0) is 17.9. The monoisotopic (exact) mass is 353 g/mol. The lowest BCUT2D eigenvalue weighted by Gasteiger charge is -2.37. The van der Waals surface area contributed by atoms with E-state index in [1.165, 1.54) is 23.4 Å². The van der Waals surface area contributed by atoms with E-state index in [9.17, 15) is 13.9 Å². The molecule has 8 heteroatoms. The van der Waals surface area contributed by atoms with E-state index < -0.39 is 29.6 Å². The second-order valence-electron chi connectivity index (χ2n) is 6.22. The summed E-state index contributed by atoms with van der Waals surface area (Å²) in [6, 6.07) is 3.07. The fourth-order valence-electron chi connectivity index (χ4n) is 2.99. The molecule has 0 aliphatic carbocycles. The molecule has 1 aliphatic heterocycles. The lowest BCUT2D eigenvalue weighted by Crippen LogP contribution is -2.46. The minimum atomic E-state index is -1.77. The molecule has 0 amide bonds. The molecule has 136 valence electrons. The van der Waals surface area contributed by atoms with Crippen LogP contribution in [-0.2, 0) is 21.6 Å². The van der Waals surface area contributed by atoms with E-state index in [0.29, 0.717) is 13.0 Å². The molecule has 2 aromatic rings. The maximum atomic E-state index is 14.4. The average molecular weight is 353 g/mol. The summed E-state index contributed by atoms with van der Waals surface area (Å²) < 4.78 is 40.4. The molecule has 3 atom stereocenters. The Kier molecular flexibility index (Phi) is 5.41. The molecule has 0 saturated carbocycles.